The van der Waals surface area contributed by atoms with E-state index in [1.54, 1.807) is 0 Å². The summed E-state index contributed by atoms with van der Waals surface area (Å²) in [4.78, 5) is 14.3. The number of halogens is 2. The summed E-state index contributed by atoms with van der Waals surface area (Å²) in [6, 6.07) is 11.3. The van der Waals surface area contributed by atoms with E-state index in [4.69, 9.17) is 15.7 Å². The maximum Gasteiger partial charge on any atom is 0.227 e. The van der Waals surface area contributed by atoms with E-state index in [-0.39, 0.29) is 24.8 Å². The Morgan fingerprint density at radius 1 is 0.941 bits per heavy atom. The van der Waals surface area contributed by atoms with Crippen molar-refractivity contribution in [1.82, 2.24) is 24.9 Å². The molecular weight excluding hydrogens is 471 g/mol. The van der Waals surface area contributed by atoms with Gasteiger partial charge in [0.25, 0.3) is 0 Å². The summed E-state index contributed by atoms with van der Waals surface area (Å²) in [7, 11) is 0. The molecule has 5 N–H and O–H groups in total. The van der Waals surface area contributed by atoms with E-state index in [1.807, 2.05) is 36.8 Å². The van der Waals surface area contributed by atoms with Gasteiger partial charge in [0.05, 0.1) is 6.33 Å². The molecule has 2 saturated carbocycles. The maximum absolute atomic E-state index is 6.08. The van der Waals surface area contributed by atoms with Crippen molar-refractivity contribution in [3.63, 3.8) is 0 Å². The summed E-state index contributed by atoms with van der Waals surface area (Å²) < 4.78 is 2.23. The van der Waals surface area contributed by atoms with Gasteiger partial charge in [-0.1, -0.05) is 43.2 Å². The highest BCUT2D eigenvalue weighted by molar-refractivity contribution is 5.86. The molecule has 2 fully saturated rings. The third kappa shape index (κ3) is 6.11. The van der Waals surface area contributed by atoms with Crippen LogP contribution in [0.5, 0.6) is 0 Å². The first-order valence-electron chi connectivity index (χ1n) is 11.8. The molecule has 3 aromatic rings. The minimum atomic E-state index is 0. The highest BCUT2D eigenvalue weighted by Gasteiger charge is 2.23. The fourth-order valence-corrected chi connectivity index (χ4v) is 4.78. The molecule has 34 heavy (non-hydrogen) atoms. The van der Waals surface area contributed by atoms with Gasteiger partial charge in [-0.05, 0) is 50.2 Å². The van der Waals surface area contributed by atoms with Crippen molar-refractivity contribution in [3.8, 4) is 0 Å². The molecule has 0 amide bonds. The minimum absolute atomic E-state index is 0. The van der Waals surface area contributed by atoms with E-state index in [0.29, 0.717) is 29.9 Å². The summed E-state index contributed by atoms with van der Waals surface area (Å²) in [5.74, 6) is 1.33. The average molecular weight is 505 g/mol. The Hall–Kier alpha value is -2.55. The van der Waals surface area contributed by atoms with Gasteiger partial charge in [-0.3, -0.25) is 5.43 Å². The number of rotatable bonds is 7. The maximum atomic E-state index is 6.08. The van der Waals surface area contributed by atoms with Crippen LogP contribution >= 0.6 is 24.8 Å². The summed E-state index contributed by atoms with van der Waals surface area (Å²) in [5.41, 5.74) is 15.2. The van der Waals surface area contributed by atoms with E-state index in [0.717, 1.165) is 42.4 Å². The van der Waals surface area contributed by atoms with Crippen molar-refractivity contribution < 1.29 is 0 Å². The smallest absolute Gasteiger partial charge is 0.227 e. The first-order chi connectivity index (χ1) is 15.8. The zero-order valence-corrected chi connectivity index (χ0v) is 20.8. The molecule has 5 rings (SSSR count). The number of benzene rings is 1. The number of imidazole rings is 1. The van der Waals surface area contributed by atoms with Crippen LogP contribution < -0.4 is 21.9 Å². The lowest BCUT2D eigenvalue weighted by Crippen LogP contribution is -2.33. The molecule has 2 heterocycles. The number of anilines is 2. The lowest BCUT2D eigenvalue weighted by molar-refractivity contribution is 0.410. The van der Waals surface area contributed by atoms with Crippen LogP contribution in [0.3, 0.4) is 0 Å². The molecule has 0 atom stereocenters. The first kappa shape index (κ1) is 26.1. The van der Waals surface area contributed by atoms with Gasteiger partial charge in [-0.2, -0.15) is 9.97 Å². The molecule has 2 aliphatic carbocycles. The fourth-order valence-electron chi connectivity index (χ4n) is 4.78. The molecule has 10 heteroatoms. The topological polar surface area (TPSA) is 106 Å². The lowest BCUT2D eigenvalue weighted by Gasteiger charge is -2.27. The third-order valence-electron chi connectivity index (χ3n) is 6.59. The van der Waals surface area contributed by atoms with Gasteiger partial charge in [0.1, 0.15) is 0 Å². The summed E-state index contributed by atoms with van der Waals surface area (Å²) in [6.45, 7) is 0. The normalized spacial score (nSPS) is 20.6. The number of nitrogens with two attached hydrogens (primary N) is 1. The van der Waals surface area contributed by atoms with Gasteiger partial charge in [0, 0.05) is 24.3 Å². The molecule has 0 saturated heterocycles. The summed E-state index contributed by atoms with van der Waals surface area (Å²) >= 11 is 0. The molecule has 0 spiro atoms. The number of aromatic nitrogens is 4. The van der Waals surface area contributed by atoms with Crippen LogP contribution in [0.15, 0.2) is 42.9 Å². The molecule has 8 nitrogen and oxygen atoms in total. The quantitative estimate of drug-likeness (QED) is 0.333. The van der Waals surface area contributed by atoms with Crippen molar-refractivity contribution in [2.24, 2.45) is 5.73 Å². The largest absolute Gasteiger partial charge is 0.351 e. The fraction of sp³-hybridized carbons (Fsp3) is 0.458. The van der Waals surface area contributed by atoms with E-state index >= 15 is 0 Å². The predicted octanol–water partition coefficient (Wildman–Crippen LogP) is 5.05. The molecular formula is C24H34Cl2N8. The standard InChI is InChI=1S/C24H32N8.2ClH/c25-18-10-12-19(13-11-18)28-24-29-22(31-27-15-14-17-6-2-1-3-7-17)21-23(30-24)32(16-26-21)20-8-4-5-9-20;;/h1-3,6-7,14-16,18-20,27H,4-5,8-13,25H2,(H2,28,29,30,31);2*1H. The van der Waals surface area contributed by atoms with E-state index in [2.05, 4.69) is 37.9 Å². The molecule has 0 aliphatic heterocycles. The van der Waals surface area contributed by atoms with Crippen LogP contribution in [0.1, 0.15) is 63.0 Å². The van der Waals surface area contributed by atoms with Crippen LogP contribution in [-0.2, 0) is 0 Å². The van der Waals surface area contributed by atoms with E-state index in [9.17, 15) is 0 Å². The highest BCUT2D eigenvalue weighted by atomic mass is 35.5. The molecule has 1 aromatic carbocycles. The zero-order valence-electron chi connectivity index (χ0n) is 19.2. The van der Waals surface area contributed by atoms with Gasteiger partial charge in [0.15, 0.2) is 17.0 Å². The first-order valence-corrected chi connectivity index (χ1v) is 11.8. The Morgan fingerprint density at radius 3 is 2.41 bits per heavy atom. The Balaban J connectivity index is 0.00000162. The number of nitrogens with one attached hydrogen (secondary N) is 3. The van der Waals surface area contributed by atoms with Crippen molar-refractivity contribution in [2.75, 3.05) is 10.7 Å². The van der Waals surface area contributed by atoms with Crippen molar-refractivity contribution in [1.29, 1.82) is 0 Å². The number of hydrogen-bond donors (Lipinski definition) is 4. The number of nitrogens with zero attached hydrogens (tertiary/aromatic N) is 4. The molecule has 0 bridgehead atoms. The zero-order chi connectivity index (χ0) is 21.8. The molecule has 2 aliphatic rings. The monoisotopic (exact) mass is 504 g/mol. The van der Waals surface area contributed by atoms with Gasteiger partial charge in [-0.25, -0.2) is 4.98 Å². The van der Waals surface area contributed by atoms with Crippen LogP contribution in [0.25, 0.3) is 17.2 Å². The Bertz CT molecular complexity index is 1060. The van der Waals surface area contributed by atoms with Crippen LogP contribution in [-0.4, -0.2) is 31.6 Å². The van der Waals surface area contributed by atoms with Gasteiger partial charge in [0.2, 0.25) is 5.95 Å². The number of hydrazine groups is 1. The third-order valence-corrected chi connectivity index (χ3v) is 6.59. The van der Waals surface area contributed by atoms with Crippen LogP contribution in [0.4, 0.5) is 11.8 Å². The molecule has 0 radical (unpaired) electrons. The van der Waals surface area contributed by atoms with Crippen LogP contribution in [0.2, 0.25) is 0 Å². The van der Waals surface area contributed by atoms with Gasteiger partial charge < -0.3 is 21.0 Å². The summed E-state index contributed by atoms with van der Waals surface area (Å²) in [6.07, 6.45) is 14.9. The molecule has 0 unspecified atom stereocenters. The minimum Gasteiger partial charge on any atom is -0.351 e. The van der Waals surface area contributed by atoms with Gasteiger partial charge >= 0.3 is 0 Å². The Morgan fingerprint density at radius 2 is 1.68 bits per heavy atom. The Kier molecular flexibility index (Phi) is 9.38. The second-order valence-corrected chi connectivity index (χ2v) is 8.93. The number of fused-ring (bicyclic) bond motifs is 1. The van der Waals surface area contributed by atoms with E-state index < -0.39 is 0 Å². The Labute approximate surface area is 213 Å². The average Bonchev–Trinajstić information content (AvgIpc) is 3.49. The summed E-state index contributed by atoms with van der Waals surface area (Å²) in [5, 5.41) is 3.55. The van der Waals surface area contributed by atoms with Crippen molar-refractivity contribution >= 4 is 53.8 Å². The SMILES string of the molecule is Cl.Cl.NC1CCC(Nc2nc(NNC=Cc3ccccc3)c3ncn(C4CCCC4)c3n2)CC1. The van der Waals surface area contributed by atoms with Crippen molar-refractivity contribution in [2.45, 2.75) is 69.5 Å². The van der Waals surface area contributed by atoms with Gasteiger partial charge in [-0.15, -0.1) is 24.8 Å². The predicted molar refractivity (Wildman–Crippen MR) is 143 cm³/mol. The number of hydrogen-bond acceptors (Lipinski definition) is 7. The van der Waals surface area contributed by atoms with Crippen molar-refractivity contribution in [3.05, 3.63) is 48.4 Å². The molecule has 2 aromatic heterocycles. The lowest BCUT2D eigenvalue weighted by atomic mass is 9.92. The highest BCUT2D eigenvalue weighted by Crippen LogP contribution is 2.33. The second-order valence-electron chi connectivity index (χ2n) is 8.93. The second kappa shape index (κ2) is 12.2. The van der Waals surface area contributed by atoms with Crippen LogP contribution in [0, 0.1) is 0 Å². The molecule has 184 valence electrons. The van der Waals surface area contributed by atoms with E-state index in [1.165, 1.54) is 25.7 Å².